The molecule has 1 unspecified atom stereocenters. The van der Waals surface area contributed by atoms with Gasteiger partial charge in [0.1, 0.15) is 0 Å². The van der Waals surface area contributed by atoms with Gasteiger partial charge in [-0.25, -0.2) is 0 Å². The molecule has 1 aromatic carbocycles. The van der Waals surface area contributed by atoms with Gasteiger partial charge in [0.25, 0.3) is 0 Å². The molecular formula is C17H27NO. The number of hydrogen-bond acceptors (Lipinski definition) is 2. The van der Waals surface area contributed by atoms with Crippen LogP contribution < -0.4 is 0 Å². The average Bonchev–Trinajstić information content (AvgIpc) is 2.30. The fourth-order valence-corrected chi connectivity index (χ4v) is 2.93. The van der Waals surface area contributed by atoms with Crippen LogP contribution in [0.1, 0.15) is 49.0 Å². The zero-order valence-corrected chi connectivity index (χ0v) is 12.5. The van der Waals surface area contributed by atoms with Crippen molar-refractivity contribution in [2.75, 3.05) is 19.6 Å². The first-order valence-corrected chi connectivity index (χ1v) is 7.57. The second-order valence-corrected chi connectivity index (χ2v) is 6.09. The van der Waals surface area contributed by atoms with Gasteiger partial charge in [0.05, 0.1) is 6.10 Å². The molecule has 0 bridgehead atoms. The highest BCUT2D eigenvalue weighted by atomic mass is 16.3. The van der Waals surface area contributed by atoms with Crippen LogP contribution in [0.25, 0.3) is 0 Å². The minimum Gasteiger partial charge on any atom is -0.387 e. The lowest BCUT2D eigenvalue weighted by Gasteiger charge is -2.32. The van der Waals surface area contributed by atoms with E-state index >= 15 is 0 Å². The number of aliphatic hydroxyl groups is 1. The SMILES string of the molecule is CCN(CC1CCC1)CC(O)c1cc(C)cc(C)c1. The Morgan fingerprint density at radius 1 is 1.21 bits per heavy atom. The Kier molecular flexibility index (Phi) is 5.00. The highest BCUT2D eigenvalue weighted by Crippen LogP contribution is 2.28. The maximum Gasteiger partial charge on any atom is 0.0917 e. The summed E-state index contributed by atoms with van der Waals surface area (Å²) in [7, 11) is 0. The number of hydrogen-bond donors (Lipinski definition) is 1. The first kappa shape index (κ1) is 14.5. The number of benzene rings is 1. The fraction of sp³-hybridized carbons (Fsp3) is 0.647. The van der Waals surface area contributed by atoms with Gasteiger partial charge in [-0.05, 0) is 44.7 Å². The van der Waals surface area contributed by atoms with Crippen LogP contribution in [0.3, 0.4) is 0 Å². The predicted molar refractivity (Wildman–Crippen MR) is 80.3 cm³/mol. The van der Waals surface area contributed by atoms with Gasteiger partial charge in [0.15, 0.2) is 0 Å². The summed E-state index contributed by atoms with van der Waals surface area (Å²) in [6.07, 6.45) is 3.77. The van der Waals surface area contributed by atoms with E-state index in [0.29, 0.717) is 0 Å². The Hall–Kier alpha value is -0.860. The smallest absolute Gasteiger partial charge is 0.0917 e. The molecule has 0 amide bonds. The van der Waals surface area contributed by atoms with Crippen LogP contribution in [-0.2, 0) is 0 Å². The fourth-order valence-electron chi connectivity index (χ4n) is 2.93. The van der Waals surface area contributed by atoms with E-state index in [1.54, 1.807) is 0 Å². The molecule has 1 N–H and O–H groups in total. The highest BCUT2D eigenvalue weighted by molar-refractivity contribution is 5.30. The van der Waals surface area contributed by atoms with Gasteiger partial charge in [0, 0.05) is 13.1 Å². The van der Waals surface area contributed by atoms with E-state index in [4.69, 9.17) is 0 Å². The molecule has 1 atom stereocenters. The minimum absolute atomic E-state index is 0.362. The van der Waals surface area contributed by atoms with Gasteiger partial charge >= 0.3 is 0 Å². The van der Waals surface area contributed by atoms with Gasteiger partial charge in [-0.3, -0.25) is 0 Å². The third kappa shape index (κ3) is 4.05. The van der Waals surface area contributed by atoms with E-state index in [1.807, 2.05) is 0 Å². The van der Waals surface area contributed by atoms with Crippen molar-refractivity contribution in [1.29, 1.82) is 0 Å². The Balaban J connectivity index is 1.95. The van der Waals surface area contributed by atoms with Crippen molar-refractivity contribution in [3.05, 3.63) is 34.9 Å². The summed E-state index contributed by atoms with van der Waals surface area (Å²) in [6.45, 7) is 9.31. The van der Waals surface area contributed by atoms with Crippen molar-refractivity contribution in [1.82, 2.24) is 4.90 Å². The normalized spacial score (nSPS) is 17.5. The Morgan fingerprint density at radius 3 is 2.32 bits per heavy atom. The molecule has 2 nitrogen and oxygen atoms in total. The zero-order valence-electron chi connectivity index (χ0n) is 12.5. The summed E-state index contributed by atoms with van der Waals surface area (Å²) in [5.74, 6) is 0.867. The molecule has 19 heavy (non-hydrogen) atoms. The van der Waals surface area contributed by atoms with Crippen molar-refractivity contribution in [3.63, 3.8) is 0 Å². The van der Waals surface area contributed by atoms with Crippen LogP contribution in [0.15, 0.2) is 18.2 Å². The molecular weight excluding hydrogens is 234 g/mol. The molecule has 1 saturated carbocycles. The molecule has 1 aliphatic carbocycles. The Labute approximate surface area is 117 Å². The Bertz CT molecular complexity index is 391. The summed E-state index contributed by atoms with van der Waals surface area (Å²) in [5.41, 5.74) is 3.52. The first-order valence-electron chi connectivity index (χ1n) is 7.57. The number of likely N-dealkylation sites (N-methyl/N-ethyl adjacent to an activating group) is 1. The topological polar surface area (TPSA) is 23.5 Å². The van der Waals surface area contributed by atoms with Crippen LogP contribution in [0, 0.1) is 19.8 Å². The molecule has 1 aromatic rings. The van der Waals surface area contributed by atoms with Crippen LogP contribution >= 0.6 is 0 Å². The van der Waals surface area contributed by atoms with Crippen molar-refractivity contribution in [2.45, 2.75) is 46.1 Å². The van der Waals surface area contributed by atoms with Crippen LogP contribution in [-0.4, -0.2) is 29.6 Å². The molecule has 1 aliphatic rings. The van der Waals surface area contributed by atoms with E-state index < -0.39 is 0 Å². The lowest BCUT2D eigenvalue weighted by molar-refractivity contribution is 0.0940. The van der Waals surface area contributed by atoms with Crippen molar-refractivity contribution in [2.24, 2.45) is 5.92 Å². The van der Waals surface area contributed by atoms with Crippen LogP contribution in [0.4, 0.5) is 0 Å². The summed E-state index contributed by atoms with van der Waals surface area (Å²) in [5, 5.41) is 10.4. The molecule has 2 rings (SSSR count). The number of rotatable bonds is 6. The summed E-state index contributed by atoms with van der Waals surface area (Å²) >= 11 is 0. The molecule has 0 spiro atoms. The second-order valence-electron chi connectivity index (χ2n) is 6.09. The van der Waals surface area contributed by atoms with E-state index in [0.717, 1.165) is 31.1 Å². The van der Waals surface area contributed by atoms with Gasteiger partial charge in [-0.2, -0.15) is 0 Å². The minimum atomic E-state index is -0.362. The summed E-state index contributed by atoms with van der Waals surface area (Å²) in [4.78, 5) is 2.40. The van der Waals surface area contributed by atoms with Gasteiger partial charge < -0.3 is 10.0 Å². The molecule has 0 aromatic heterocycles. The lowest BCUT2D eigenvalue weighted by Crippen LogP contribution is -2.35. The molecule has 2 heteroatoms. The summed E-state index contributed by atoms with van der Waals surface area (Å²) < 4.78 is 0. The lowest BCUT2D eigenvalue weighted by atomic mass is 9.85. The standard InChI is InChI=1S/C17H27NO/c1-4-18(11-15-6-5-7-15)12-17(19)16-9-13(2)8-14(3)10-16/h8-10,15,17,19H,4-7,11-12H2,1-3H3. The first-order chi connectivity index (χ1) is 9.08. The third-order valence-electron chi connectivity index (χ3n) is 4.25. The van der Waals surface area contributed by atoms with E-state index in [2.05, 4.69) is 43.9 Å². The predicted octanol–water partition coefficient (Wildman–Crippen LogP) is 3.46. The maximum atomic E-state index is 10.4. The molecule has 0 aliphatic heterocycles. The molecule has 106 valence electrons. The quantitative estimate of drug-likeness (QED) is 0.847. The van der Waals surface area contributed by atoms with Crippen molar-refractivity contribution >= 4 is 0 Å². The van der Waals surface area contributed by atoms with Crippen LogP contribution in [0.2, 0.25) is 0 Å². The molecule has 0 radical (unpaired) electrons. The highest BCUT2D eigenvalue weighted by Gasteiger charge is 2.21. The largest absolute Gasteiger partial charge is 0.387 e. The van der Waals surface area contributed by atoms with Crippen molar-refractivity contribution in [3.8, 4) is 0 Å². The number of aliphatic hydroxyl groups excluding tert-OH is 1. The molecule has 0 heterocycles. The summed E-state index contributed by atoms with van der Waals surface area (Å²) in [6, 6.07) is 6.37. The molecule has 0 saturated heterocycles. The number of aryl methyl sites for hydroxylation is 2. The third-order valence-corrected chi connectivity index (χ3v) is 4.25. The van der Waals surface area contributed by atoms with Gasteiger partial charge in [-0.1, -0.05) is 42.7 Å². The van der Waals surface area contributed by atoms with Crippen molar-refractivity contribution < 1.29 is 5.11 Å². The van der Waals surface area contributed by atoms with E-state index in [1.165, 1.54) is 30.4 Å². The van der Waals surface area contributed by atoms with Gasteiger partial charge in [-0.15, -0.1) is 0 Å². The van der Waals surface area contributed by atoms with E-state index in [9.17, 15) is 5.11 Å². The second kappa shape index (κ2) is 6.53. The van der Waals surface area contributed by atoms with Gasteiger partial charge in [0.2, 0.25) is 0 Å². The monoisotopic (exact) mass is 261 g/mol. The zero-order chi connectivity index (χ0) is 13.8. The van der Waals surface area contributed by atoms with Crippen LogP contribution in [0.5, 0.6) is 0 Å². The average molecular weight is 261 g/mol. The number of nitrogens with zero attached hydrogens (tertiary/aromatic N) is 1. The Morgan fingerprint density at radius 2 is 1.84 bits per heavy atom. The van der Waals surface area contributed by atoms with E-state index in [-0.39, 0.29) is 6.10 Å². The molecule has 1 fully saturated rings. The maximum absolute atomic E-state index is 10.4.